The molecule has 0 aliphatic carbocycles. The number of amides is 1. The van der Waals surface area contributed by atoms with E-state index in [2.05, 4.69) is 37.2 Å². The van der Waals surface area contributed by atoms with Crippen LogP contribution in [-0.2, 0) is 0 Å². The molecule has 0 aromatic heterocycles. The van der Waals surface area contributed by atoms with Crippen molar-refractivity contribution in [2.24, 2.45) is 0 Å². The normalized spacial score (nSPS) is 9.50. The van der Waals surface area contributed by atoms with E-state index < -0.39 is 6.09 Å². The molecule has 1 aromatic carbocycles. The Balaban J connectivity index is 2.93. The molecule has 5 heteroatoms. The van der Waals surface area contributed by atoms with Gasteiger partial charge in [0.15, 0.2) is 0 Å². The molecule has 0 atom stereocenters. The van der Waals surface area contributed by atoms with Crippen LogP contribution in [0.5, 0.6) is 0 Å². The molecule has 0 saturated heterocycles. The zero-order chi connectivity index (χ0) is 9.14. The summed E-state index contributed by atoms with van der Waals surface area (Å²) < 4.78 is 1.64. The Bertz CT molecular complexity index is 294. The van der Waals surface area contributed by atoms with Gasteiger partial charge in [-0.2, -0.15) is 0 Å². The average Bonchev–Trinajstić information content (AvgIpc) is 1.81. The van der Waals surface area contributed by atoms with Crippen LogP contribution in [0.1, 0.15) is 0 Å². The summed E-state index contributed by atoms with van der Waals surface area (Å²) in [5.41, 5.74) is 0.531. The van der Waals surface area contributed by atoms with Gasteiger partial charge in [0.2, 0.25) is 0 Å². The lowest BCUT2D eigenvalue weighted by atomic mass is 10.3. The quantitative estimate of drug-likeness (QED) is 0.835. The minimum absolute atomic E-state index is 0.531. The SMILES string of the molecule is O=C(O)Nc1cc(Br)cc(Br)c1. The van der Waals surface area contributed by atoms with Gasteiger partial charge in [-0.15, -0.1) is 0 Å². The predicted molar refractivity (Wildman–Crippen MR) is 53.5 cm³/mol. The second kappa shape index (κ2) is 3.91. The molecule has 0 aliphatic rings. The summed E-state index contributed by atoms with van der Waals surface area (Å²) in [5.74, 6) is 0. The number of carboxylic acid groups (broad SMARTS) is 1. The molecule has 64 valence electrons. The predicted octanol–water partition coefficient (Wildman–Crippen LogP) is 3.30. The minimum Gasteiger partial charge on any atom is -0.465 e. The van der Waals surface area contributed by atoms with E-state index in [1.807, 2.05) is 6.07 Å². The summed E-state index contributed by atoms with van der Waals surface area (Å²) >= 11 is 6.48. The average molecular weight is 295 g/mol. The first-order valence-electron chi connectivity index (χ1n) is 3.04. The first-order chi connectivity index (χ1) is 5.58. The highest BCUT2D eigenvalue weighted by molar-refractivity contribution is 9.11. The maximum absolute atomic E-state index is 10.2. The van der Waals surface area contributed by atoms with Crippen LogP contribution in [-0.4, -0.2) is 11.2 Å². The molecule has 1 rings (SSSR count). The molecule has 2 N–H and O–H groups in total. The molecule has 0 saturated carbocycles. The van der Waals surface area contributed by atoms with Gasteiger partial charge in [0, 0.05) is 14.6 Å². The molecule has 0 spiro atoms. The van der Waals surface area contributed by atoms with Crippen LogP contribution in [0, 0.1) is 0 Å². The number of hydrogen-bond acceptors (Lipinski definition) is 1. The lowest BCUT2D eigenvalue weighted by molar-refractivity contribution is 0.210. The molecule has 1 amide bonds. The van der Waals surface area contributed by atoms with Crippen LogP contribution in [0.15, 0.2) is 27.1 Å². The second-order valence-electron chi connectivity index (χ2n) is 2.09. The summed E-state index contributed by atoms with van der Waals surface area (Å²) in [6, 6.07) is 5.19. The molecule has 0 bridgehead atoms. The topological polar surface area (TPSA) is 49.3 Å². The maximum Gasteiger partial charge on any atom is 0.409 e. The van der Waals surface area contributed by atoms with Gasteiger partial charge in [-0.3, -0.25) is 5.32 Å². The molecule has 0 unspecified atom stereocenters. The molecule has 0 fully saturated rings. The molecule has 12 heavy (non-hydrogen) atoms. The first kappa shape index (κ1) is 9.54. The Morgan fingerprint density at radius 1 is 1.25 bits per heavy atom. The van der Waals surface area contributed by atoms with Crippen molar-refractivity contribution >= 4 is 43.6 Å². The van der Waals surface area contributed by atoms with Crippen molar-refractivity contribution in [3.63, 3.8) is 0 Å². The molecule has 0 aliphatic heterocycles. The molecule has 3 nitrogen and oxygen atoms in total. The minimum atomic E-state index is -1.07. The van der Waals surface area contributed by atoms with Crippen LogP contribution >= 0.6 is 31.9 Å². The van der Waals surface area contributed by atoms with Crippen LogP contribution in [0.25, 0.3) is 0 Å². The van der Waals surface area contributed by atoms with Crippen LogP contribution in [0.2, 0.25) is 0 Å². The van der Waals surface area contributed by atoms with Crippen molar-refractivity contribution in [3.8, 4) is 0 Å². The van der Waals surface area contributed by atoms with Gasteiger partial charge < -0.3 is 5.11 Å². The Hall–Kier alpha value is -0.550. The van der Waals surface area contributed by atoms with E-state index in [1.165, 1.54) is 0 Å². The van der Waals surface area contributed by atoms with Crippen molar-refractivity contribution in [3.05, 3.63) is 27.1 Å². The van der Waals surface area contributed by atoms with E-state index in [0.717, 1.165) is 8.95 Å². The lowest BCUT2D eigenvalue weighted by Gasteiger charge is -2.01. The number of nitrogens with one attached hydrogen (secondary N) is 1. The van der Waals surface area contributed by atoms with E-state index in [-0.39, 0.29) is 0 Å². The van der Waals surface area contributed by atoms with Gasteiger partial charge in [-0.1, -0.05) is 31.9 Å². The Morgan fingerprint density at radius 2 is 1.75 bits per heavy atom. The van der Waals surface area contributed by atoms with Gasteiger partial charge in [-0.05, 0) is 18.2 Å². The lowest BCUT2D eigenvalue weighted by Crippen LogP contribution is -2.06. The Morgan fingerprint density at radius 3 is 2.17 bits per heavy atom. The number of carbonyl (C=O) groups is 1. The van der Waals surface area contributed by atoms with E-state index >= 15 is 0 Å². The van der Waals surface area contributed by atoms with Gasteiger partial charge in [-0.25, -0.2) is 4.79 Å². The monoisotopic (exact) mass is 293 g/mol. The second-order valence-corrected chi connectivity index (χ2v) is 3.92. The summed E-state index contributed by atoms with van der Waals surface area (Å²) in [6.45, 7) is 0. The van der Waals surface area contributed by atoms with Crippen molar-refractivity contribution in [2.45, 2.75) is 0 Å². The van der Waals surface area contributed by atoms with Gasteiger partial charge in [0.1, 0.15) is 0 Å². The first-order valence-corrected chi connectivity index (χ1v) is 4.62. The highest BCUT2D eigenvalue weighted by Gasteiger charge is 1.99. The molecule has 1 aromatic rings. The maximum atomic E-state index is 10.2. The summed E-state index contributed by atoms with van der Waals surface area (Å²) in [5, 5.41) is 10.7. The number of halogens is 2. The van der Waals surface area contributed by atoms with Crippen LogP contribution < -0.4 is 5.32 Å². The van der Waals surface area contributed by atoms with Crippen LogP contribution in [0.4, 0.5) is 10.5 Å². The molecule has 0 heterocycles. The number of benzene rings is 1. The number of rotatable bonds is 1. The Labute approximate surface area is 86.0 Å². The van der Waals surface area contributed by atoms with Crippen molar-refractivity contribution in [2.75, 3.05) is 5.32 Å². The number of anilines is 1. The van der Waals surface area contributed by atoms with Crippen molar-refractivity contribution < 1.29 is 9.90 Å². The standard InChI is InChI=1S/C7H5Br2NO2/c8-4-1-5(9)3-6(2-4)10-7(11)12/h1-3,10H,(H,11,12). The highest BCUT2D eigenvalue weighted by atomic mass is 79.9. The smallest absolute Gasteiger partial charge is 0.409 e. The molecular weight excluding hydrogens is 290 g/mol. The van der Waals surface area contributed by atoms with Gasteiger partial charge >= 0.3 is 6.09 Å². The zero-order valence-corrected chi connectivity index (χ0v) is 9.02. The third kappa shape index (κ3) is 2.83. The van der Waals surface area contributed by atoms with E-state index in [9.17, 15) is 4.79 Å². The van der Waals surface area contributed by atoms with Crippen molar-refractivity contribution in [1.29, 1.82) is 0 Å². The zero-order valence-electron chi connectivity index (χ0n) is 5.84. The highest BCUT2D eigenvalue weighted by Crippen LogP contribution is 2.22. The van der Waals surface area contributed by atoms with Crippen LogP contribution in [0.3, 0.4) is 0 Å². The summed E-state index contributed by atoms with van der Waals surface area (Å²) in [4.78, 5) is 10.2. The largest absolute Gasteiger partial charge is 0.465 e. The van der Waals surface area contributed by atoms with E-state index in [0.29, 0.717) is 5.69 Å². The summed E-state index contributed by atoms with van der Waals surface area (Å²) in [6.07, 6.45) is -1.07. The van der Waals surface area contributed by atoms with Gasteiger partial charge in [0.25, 0.3) is 0 Å². The fraction of sp³-hybridized carbons (Fsp3) is 0. The Kier molecular flexibility index (Phi) is 3.11. The number of hydrogen-bond donors (Lipinski definition) is 2. The third-order valence-electron chi connectivity index (χ3n) is 1.11. The third-order valence-corrected chi connectivity index (χ3v) is 2.03. The fourth-order valence-electron chi connectivity index (χ4n) is 0.749. The molecular formula is C7H5Br2NO2. The fourth-order valence-corrected chi connectivity index (χ4v) is 2.04. The van der Waals surface area contributed by atoms with E-state index in [4.69, 9.17) is 5.11 Å². The van der Waals surface area contributed by atoms with E-state index in [1.54, 1.807) is 12.1 Å². The van der Waals surface area contributed by atoms with Gasteiger partial charge in [0.05, 0.1) is 0 Å². The van der Waals surface area contributed by atoms with Crippen molar-refractivity contribution in [1.82, 2.24) is 0 Å². The molecule has 0 radical (unpaired) electrons. The summed E-state index contributed by atoms with van der Waals surface area (Å²) in [7, 11) is 0.